The van der Waals surface area contributed by atoms with Crippen molar-refractivity contribution >= 4 is 27.8 Å². The largest absolute Gasteiger partial charge is 0.479 e. The minimum absolute atomic E-state index is 0.130. The van der Waals surface area contributed by atoms with Crippen molar-refractivity contribution < 1.29 is 19.4 Å². The molecule has 2 atom stereocenters. The van der Waals surface area contributed by atoms with Crippen molar-refractivity contribution in [2.24, 2.45) is 0 Å². The Labute approximate surface area is 124 Å². The number of rotatable bonds is 3. The van der Waals surface area contributed by atoms with Gasteiger partial charge in [0.05, 0.1) is 6.04 Å². The van der Waals surface area contributed by atoms with Crippen LogP contribution in [0, 0.1) is 0 Å². The topological polar surface area (TPSA) is 66.8 Å². The first kappa shape index (κ1) is 13.6. The van der Waals surface area contributed by atoms with Crippen LogP contribution in [0.3, 0.4) is 0 Å². The van der Waals surface area contributed by atoms with Crippen molar-refractivity contribution in [3.05, 3.63) is 34.3 Å². The number of hydrogen-bond donors (Lipinski definition) is 1. The molecule has 1 aromatic rings. The number of carboxylic acids is 1. The molecule has 1 amide bonds. The molecule has 0 spiro atoms. The van der Waals surface area contributed by atoms with Crippen LogP contribution in [0.25, 0.3) is 0 Å². The van der Waals surface area contributed by atoms with Gasteiger partial charge in [-0.15, -0.1) is 0 Å². The first-order valence-corrected chi connectivity index (χ1v) is 7.28. The molecule has 1 heterocycles. The number of nitrogens with zero attached hydrogens (tertiary/aromatic N) is 1. The fourth-order valence-electron chi connectivity index (χ4n) is 2.64. The van der Waals surface area contributed by atoms with Crippen LogP contribution < -0.4 is 0 Å². The zero-order chi connectivity index (χ0) is 14.3. The van der Waals surface area contributed by atoms with E-state index >= 15 is 0 Å². The highest BCUT2D eigenvalue weighted by molar-refractivity contribution is 9.10. The minimum atomic E-state index is -1.03. The van der Waals surface area contributed by atoms with Crippen LogP contribution in [-0.2, 0) is 14.3 Å². The highest BCUT2D eigenvalue weighted by Crippen LogP contribution is 2.39. The van der Waals surface area contributed by atoms with Crippen LogP contribution in [0.1, 0.15) is 24.4 Å². The van der Waals surface area contributed by atoms with Gasteiger partial charge in [0, 0.05) is 10.5 Å². The standard InChI is InChI=1S/C14H14BrNO4/c15-9-3-1-2-8(6-9)12-13(14(18)19)20-7-11(17)16(12)10-4-5-10/h1-3,6,10,12-13H,4-5,7H2,(H,18,19). The van der Waals surface area contributed by atoms with Crippen LogP contribution in [-0.4, -0.2) is 40.6 Å². The lowest BCUT2D eigenvalue weighted by molar-refractivity contribution is -0.174. The highest BCUT2D eigenvalue weighted by Gasteiger charge is 2.47. The van der Waals surface area contributed by atoms with Gasteiger partial charge in [-0.1, -0.05) is 28.1 Å². The lowest BCUT2D eigenvalue weighted by atomic mass is 9.97. The summed E-state index contributed by atoms with van der Waals surface area (Å²) in [5, 5.41) is 9.37. The van der Waals surface area contributed by atoms with E-state index in [2.05, 4.69) is 15.9 Å². The number of ether oxygens (including phenoxy) is 1. The van der Waals surface area contributed by atoms with Crippen LogP contribution >= 0.6 is 15.9 Å². The van der Waals surface area contributed by atoms with E-state index in [4.69, 9.17) is 4.74 Å². The molecule has 106 valence electrons. The summed E-state index contributed by atoms with van der Waals surface area (Å²) in [6.07, 6.45) is 0.855. The Morgan fingerprint density at radius 3 is 2.75 bits per heavy atom. The maximum absolute atomic E-state index is 12.1. The van der Waals surface area contributed by atoms with Gasteiger partial charge in [-0.3, -0.25) is 4.79 Å². The Morgan fingerprint density at radius 1 is 1.40 bits per heavy atom. The molecule has 1 saturated carbocycles. The van der Waals surface area contributed by atoms with E-state index in [1.807, 2.05) is 24.3 Å². The SMILES string of the molecule is O=C(O)C1OCC(=O)N(C2CC2)C1c1cccc(Br)c1. The Bertz CT molecular complexity index is 558. The molecule has 3 rings (SSSR count). The number of carboxylic acid groups (broad SMARTS) is 1. The van der Waals surface area contributed by atoms with Gasteiger partial charge < -0.3 is 14.7 Å². The maximum Gasteiger partial charge on any atom is 0.335 e. The van der Waals surface area contributed by atoms with Gasteiger partial charge in [0.2, 0.25) is 5.91 Å². The number of carbonyl (C=O) groups excluding carboxylic acids is 1. The third-order valence-electron chi connectivity index (χ3n) is 3.63. The van der Waals surface area contributed by atoms with E-state index in [1.54, 1.807) is 4.90 Å². The lowest BCUT2D eigenvalue weighted by Gasteiger charge is -2.39. The van der Waals surface area contributed by atoms with Gasteiger partial charge in [-0.2, -0.15) is 0 Å². The van der Waals surface area contributed by atoms with Crippen molar-refractivity contribution in [3.8, 4) is 0 Å². The smallest absolute Gasteiger partial charge is 0.335 e. The van der Waals surface area contributed by atoms with Crippen molar-refractivity contribution in [2.75, 3.05) is 6.61 Å². The molecule has 1 aromatic carbocycles. The third kappa shape index (κ3) is 2.45. The van der Waals surface area contributed by atoms with E-state index in [9.17, 15) is 14.7 Å². The summed E-state index contributed by atoms with van der Waals surface area (Å²) in [5.41, 5.74) is 0.784. The molecule has 2 fully saturated rings. The summed E-state index contributed by atoms with van der Waals surface area (Å²) < 4.78 is 6.12. The zero-order valence-corrected chi connectivity index (χ0v) is 12.2. The van der Waals surface area contributed by atoms with Gasteiger partial charge >= 0.3 is 5.97 Å². The average molecular weight is 340 g/mol. The summed E-state index contributed by atoms with van der Waals surface area (Å²) in [6.45, 7) is -0.155. The number of carbonyl (C=O) groups is 2. The maximum atomic E-state index is 12.1. The number of halogens is 1. The summed E-state index contributed by atoms with van der Waals surface area (Å²) in [5.74, 6) is -1.16. The van der Waals surface area contributed by atoms with Gasteiger partial charge in [0.15, 0.2) is 6.10 Å². The van der Waals surface area contributed by atoms with Crippen LogP contribution in [0.5, 0.6) is 0 Å². The van der Waals surface area contributed by atoms with Crippen molar-refractivity contribution in [1.82, 2.24) is 4.90 Å². The fraction of sp³-hybridized carbons (Fsp3) is 0.429. The summed E-state index contributed by atoms with van der Waals surface area (Å²) in [4.78, 5) is 25.3. The third-order valence-corrected chi connectivity index (χ3v) is 4.13. The molecule has 0 aromatic heterocycles. The second kappa shape index (κ2) is 5.18. The Hall–Kier alpha value is -1.40. The molecular formula is C14H14BrNO4. The number of aliphatic carboxylic acids is 1. The van der Waals surface area contributed by atoms with Gasteiger partial charge in [0.1, 0.15) is 6.61 Å². The second-order valence-electron chi connectivity index (χ2n) is 5.10. The van der Waals surface area contributed by atoms with Gasteiger partial charge in [0.25, 0.3) is 0 Å². The Balaban J connectivity index is 2.02. The zero-order valence-electron chi connectivity index (χ0n) is 10.7. The number of hydrogen-bond acceptors (Lipinski definition) is 3. The Kier molecular flexibility index (Phi) is 3.52. The number of amides is 1. The van der Waals surface area contributed by atoms with E-state index in [0.717, 1.165) is 22.9 Å². The van der Waals surface area contributed by atoms with E-state index in [-0.39, 0.29) is 18.6 Å². The van der Waals surface area contributed by atoms with Crippen LogP contribution in [0.2, 0.25) is 0 Å². The van der Waals surface area contributed by atoms with E-state index in [1.165, 1.54) is 0 Å². The molecule has 1 aliphatic carbocycles. The minimum Gasteiger partial charge on any atom is -0.479 e. The Morgan fingerprint density at radius 2 is 2.15 bits per heavy atom. The average Bonchev–Trinajstić information content (AvgIpc) is 3.22. The van der Waals surface area contributed by atoms with E-state index in [0.29, 0.717) is 0 Å². The number of morpholine rings is 1. The first-order chi connectivity index (χ1) is 9.58. The molecule has 1 saturated heterocycles. The van der Waals surface area contributed by atoms with Crippen molar-refractivity contribution in [1.29, 1.82) is 0 Å². The molecule has 2 aliphatic rings. The second-order valence-corrected chi connectivity index (χ2v) is 6.02. The quantitative estimate of drug-likeness (QED) is 0.914. The first-order valence-electron chi connectivity index (χ1n) is 6.49. The monoisotopic (exact) mass is 339 g/mol. The molecule has 1 N–H and O–H groups in total. The molecule has 0 radical (unpaired) electrons. The normalized spacial score (nSPS) is 26.6. The fourth-order valence-corrected chi connectivity index (χ4v) is 3.06. The van der Waals surface area contributed by atoms with Crippen molar-refractivity contribution in [2.45, 2.75) is 31.0 Å². The summed E-state index contributed by atoms with van der Waals surface area (Å²) in [6, 6.07) is 6.98. The van der Waals surface area contributed by atoms with E-state index < -0.39 is 18.1 Å². The van der Waals surface area contributed by atoms with Crippen molar-refractivity contribution in [3.63, 3.8) is 0 Å². The molecule has 0 bridgehead atoms. The van der Waals surface area contributed by atoms with Crippen LogP contribution in [0.4, 0.5) is 0 Å². The van der Waals surface area contributed by atoms with Gasteiger partial charge in [-0.05, 0) is 30.5 Å². The predicted molar refractivity (Wildman–Crippen MR) is 74.1 cm³/mol. The highest BCUT2D eigenvalue weighted by atomic mass is 79.9. The predicted octanol–water partition coefficient (Wildman–Crippen LogP) is 1.96. The number of benzene rings is 1. The molecular weight excluding hydrogens is 326 g/mol. The summed E-state index contributed by atoms with van der Waals surface area (Å²) in [7, 11) is 0. The molecule has 2 unspecified atom stereocenters. The molecule has 20 heavy (non-hydrogen) atoms. The van der Waals surface area contributed by atoms with Gasteiger partial charge in [-0.25, -0.2) is 4.79 Å². The molecule has 6 heteroatoms. The molecule has 5 nitrogen and oxygen atoms in total. The lowest BCUT2D eigenvalue weighted by Crippen LogP contribution is -2.52. The van der Waals surface area contributed by atoms with Crippen LogP contribution in [0.15, 0.2) is 28.7 Å². The molecule has 1 aliphatic heterocycles. The summed E-state index contributed by atoms with van der Waals surface area (Å²) >= 11 is 3.38.